The zero-order valence-electron chi connectivity index (χ0n) is 11.1. The Morgan fingerprint density at radius 3 is 2.56 bits per heavy atom. The minimum atomic E-state index is 0.138. The van der Waals surface area contributed by atoms with Crippen molar-refractivity contribution in [3.63, 3.8) is 0 Å². The first kappa shape index (κ1) is 12.2. The molecular formula is C15H26O. The third-order valence-corrected chi connectivity index (χ3v) is 5.25. The predicted molar refractivity (Wildman–Crippen MR) is 68.2 cm³/mol. The third kappa shape index (κ3) is 1.95. The maximum absolute atomic E-state index is 9.52. The number of hydrogen-bond donors (Lipinski definition) is 1. The molecule has 1 nitrogen and oxygen atoms in total. The van der Waals surface area contributed by atoms with Crippen LogP contribution in [0.4, 0.5) is 0 Å². The fourth-order valence-corrected chi connectivity index (χ4v) is 3.70. The molecule has 0 radical (unpaired) electrons. The molecule has 16 heavy (non-hydrogen) atoms. The van der Waals surface area contributed by atoms with Gasteiger partial charge in [-0.05, 0) is 54.8 Å². The van der Waals surface area contributed by atoms with Gasteiger partial charge in [-0.1, -0.05) is 32.9 Å². The van der Waals surface area contributed by atoms with E-state index in [9.17, 15) is 5.11 Å². The lowest BCUT2D eigenvalue weighted by Gasteiger charge is -2.55. The van der Waals surface area contributed by atoms with E-state index in [1.165, 1.54) is 24.8 Å². The number of aliphatic hydroxyl groups is 1. The van der Waals surface area contributed by atoms with Crippen molar-refractivity contribution in [2.75, 3.05) is 6.61 Å². The van der Waals surface area contributed by atoms with Gasteiger partial charge in [-0.2, -0.15) is 0 Å². The van der Waals surface area contributed by atoms with Crippen molar-refractivity contribution in [3.8, 4) is 0 Å². The third-order valence-electron chi connectivity index (χ3n) is 5.25. The summed E-state index contributed by atoms with van der Waals surface area (Å²) in [4.78, 5) is 0. The van der Waals surface area contributed by atoms with Gasteiger partial charge in [0.15, 0.2) is 0 Å². The standard InChI is InChI=1S/C15H26O/c1-11-5-7-15(4,10-16)8-6-13-12(11)9-14(13,2)3/h12-13,16H,1,5-10H2,2-4H3. The molecule has 3 atom stereocenters. The van der Waals surface area contributed by atoms with E-state index >= 15 is 0 Å². The lowest BCUT2D eigenvalue weighted by Crippen LogP contribution is -2.46. The van der Waals surface area contributed by atoms with Gasteiger partial charge in [0.25, 0.3) is 0 Å². The van der Waals surface area contributed by atoms with Crippen molar-refractivity contribution in [1.29, 1.82) is 0 Å². The van der Waals surface area contributed by atoms with E-state index in [4.69, 9.17) is 0 Å². The molecular weight excluding hydrogens is 196 g/mol. The summed E-state index contributed by atoms with van der Waals surface area (Å²) in [5, 5.41) is 9.52. The van der Waals surface area contributed by atoms with Gasteiger partial charge in [-0.3, -0.25) is 0 Å². The van der Waals surface area contributed by atoms with Gasteiger partial charge in [0, 0.05) is 6.61 Å². The van der Waals surface area contributed by atoms with E-state index in [0.717, 1.165) is 24.7 Å². The fourth-order valence-electron chi connectivity index (χ4n) is 3.70. The molecule has 1 N–H and O–H groups in total. The first-order chi connectivity index (χ1) is 7.38. The average molecular weight is 222 g/mol. The minimum Gasteiger partial charge on any atom is -0.396 e. The van der Waals surface area contributed by atoms with E-state index in [1.54, 1.807) is 0 Å². The molecule has 0 amide bonds. The Labute approximate surface area is 99.9 Å². The molecule has 2 aliphatic carbocycles. The molecule has 92 valence electrons. The first-order valence-electron chi connectivity index (χ1n) is 6.66. The molecule has 2 fully saturated rings. The number of hydrogen-bond acceptors (Lipinski definition) is 1. The smallest absolute Gasteiger partial charge is 0.0484 e. The monoisotopic (exact) mass is 222 g/mol. The first-order valence-corrected chi connectivity index (χ1v) is 6.66. The van der Waals surface area contributed by atoms with E-state index in [1.807, 2.05) is 0 Å². The Morgan fingerprint density at radius 1 is 1.31 bits per heavy atom. The highest BCUT2D eigenvalue weighted by molar-refractivity contribution is 5.14. The second kappa shape index (κ2) is 3.87. The van der Waals surface area contributed by atoms with Crippen molar-refractivity contribution < 1.29 is 5.11 Å². The average Bonchev–Trinajstić information content (AvgIpc) is 2.22. The maximum atomic E-state index is 9.52. The Morgan fingerprint density at radius 2 is 2.00 bits per heavy atom. The SMILES string of the molecule is C=C1CCC(C)(CO)CCC2C1CC2(C)C. The second-order valence-corrected chi connectivity index (χ2v) is 7.07. The van der Waals surface area contributed by atoms with E-state index < -0.39 is 0 Å². The van der Waals surface area contributed by atoms with Crippen LogP contribution in [0.25, 0.3) is 0 Å². The van der Waals surface area contributed by atoms with Crippen molar-refractivity contribution >= 4 is 0 Å². The van der Waals surface area contributed by atoms with Gasteiger partial charge in [-0.15, -0.1) is 0 Å². The van der Waals surface area contributed by atoms with E-state index in [-0.39, 0.29) is 5.41 Å². The van der Waals surface area contributed by atoms with Gasteiger partial charge in [-0.25, -0.2) is 0 Å². The lowest BCUT2D eigenvalue weighted by atomic mass is 9.50. The molecule has 3 unspecified atom stereocenters. The molecule has 1 heteroatoms. The highest BCUT2D eigenvalue weighted by Gasteiger charge is 2.49. The zero-order valence-corrected chi connectivity index (χ0v) is 11.1. The molecule has 0 bridgehead atoms. The summed E-state index contributed by atoms with van der Waals surface area (Å²) >= 11 is 0. The van der Waals surface area contributed by atoms with Crippen LogP contribution < -0.4 is 0 Å². The summed E-state index contributed by atoms with van der Waals surface area (Å²) < 4.78 is 0. The Hall–Kier alpha value is -0.300. The molecule has 0 saturated heterocycles. The Kier molecular flexibility index (Phi) is 2.94. The number of fused-ring (bicyclic) bond motifs is 1. The minimum absolute atomic E-state index is 0.138. The molecule has 0 aromatic heterocycles. The topological polar surface area (TPSA) is 20.2 Å². The lowest BCUT2D eigenvalue weighted by molar-refractivity contribution is -0.0214. The molecule has 2 rings (SSSR count). The van der Waals surface area contributed by atoms with Gasteiger partial charge >= 0.3 is 0 Å². The highest BCUT2D eigenvalue weighted by atomic mass is 16.3. The largest absolute Gasteiger partial charge is 0.396 e. The summed E-state index contributed by atoms with van der Waals surface area (Å²) in [5.41, 5.74) is 2.09. The predicted octanol–water partition coefficient (Wildman–Crippen LogP) is 3.78. The highest BCUT2D eigenvalue weighted by Crippen LogP contribution is 2.58. The number of rotatable bonds is 1. The van der Waals surface area contributed by atoms with Crippen LogP contribution >= 0.6 is 0 Å². The van der Waals surface area contributed by atoms with Crippen LogP contribution in [-0.2, 0) is 0 Å². The summed E-state index contributed by atoms with van der Waals surface area (Å²) in [5.74, 6) is 1.59. The molecule has 2 saturated carbocycles. The molecule has 0 aromatic carbocycles. The molecule has 0 heterocycles. The van der Waals surface area contributed by atoms with Gasteiger partial charge in [0.2, 0.25) is 0 Å². The van der Waals surface area contributed by atoms with Crippen LogP contribution in [0.1, 0.15) is 52.9 Å². The molecule has 2 aliphatic rings. The van der Waals surface area contributed by atoms with Crippen molar-refractivity contribution in [1.82, 2.24) is 0 Å². The van der Waals surface area contributed by atoms with Crippen LogP contribution in [0, 0.1) is 22.7 Å². The van der Waals surface area contributed by atoms with E-state index in [2.05, 4.69) is 27.4 Å². The molecule has 0 spiro atoms. The van der Waals surface area contributed by atoms with Crippen LogP contribution in [0.2, 0.25) is 0 Å². The summed E-state index contributed by atoms with van der Waals surface area (Å²) in [6.07, 6.45) is 6.02. The Balaban J connectivity index is 2.11. The zero-order chi connectivity index (χ0) is 12.0. The normalized spacial score (nSPS) is 42.9. The van der Waals surface area contributed by atoms with Gasteiger partial charge in [0.1, 0.15) is 0 Å². The molecule has 0 aliphatic heterocycles. The summed E-state index contributed by atoms with van der Waals surface area (Å²) in [6.45, 7) is 11.6. The Bertz CT molecular complexity index is 292. The number of aliphatic hydroxyl groups excluding tert-OH is 1. The van der Waals surface area contributed by atoms with Crippen molar-refractivity contribution in [2.24, 2.45) is 22.7 Å². The van der Waals surface area contributed by atoms with Gasteiger partial charge < -0.3 is 5.11 Å². The van der Waals surface area contributed by atoms with Crippen molar-refractivity contribution in [2.45, 2.75) is 52.9 Å². The van der Waals surface area contributed by atoms with Crippen LogP contribution in [0.3, 0.4) is 0 Å². The van der Waals surface area contributed by atoms with Crippen LogP contribution in [0.15, 0.2) is 12.2 Å². The van der Waals surface area contributed by atoms with E-state index in [0.29, 0.717) is 12.0 Å². The van der Waals surface area contributed by atoms with Crippen LogP contribution in [0.5, 0.6) is 0 Å². The second-order valence-electron chi connectivity index (χ2n) is 7.07. The fraction of sp³-hybridized carbons (Fsp3) is 0.867. The summed E-state index contributed by atoms with van der Waals surface area (Å²) in [6, 6.07) is 0. The van der Waals surface area contributed by atoms with Crippen LogP contribution in [-0.4, -0.2) is 11.7 Å². The number of allylic oxidation sites excluding steroid dienone is 1. The quantitative estimate of drug-likeness (QED) is 0.669. The summed E-state index contributed by atoms with van der Waals surface area (Å²) in [7, 11) is 0. The maximum Gasteiger partial charge on any atom is 0.0484 e. The van der Waals surface area contributed by atoms with Gasteiger partial charge in [0.05, 0.1) is 0 Å². The van der Waals surface area contributed by atoms with Crippen molar-refractivity contribution in [3.05, 3.63) is 12.2 Å². The molecule has 0 aromatic rings.